The number of phenols is 2. The van der Waals surface area contributed by atoms with Gasteiger partial charge in [-0.25, -0.2) is 4.42 Å². The predicted octanol–water partition coefficient (Wildman–Crippen LogP) is 3.82. The first-order valence-corrected chi connectivity index (χ1v) is 7.17. The summed E-state index contributed by atoms with van der Waals surface area (Å²) >= 11 is 0. The maximum Gasteiger partial charge on any atom is 0.405 e. The van der Waals surface area contributed by atoms with Gasteiger partial charge >= 0.3 is 11.3 Å². The predicted molar refractivity (Wildman–Crippen MR) is 89.0 cm³/mol. The molecule has 3 rings (SSSR count). The normalized spacial score (nSPS) is 10.6. The fourth-order valence-corrected chi connectivity index (χ4v) is 2.50. The van der Waals surface area contributed by atoms with Gasteiger partial charge in [0, 0.05) is 18.2 Å². The zero-order valence-corrected chi connectivity index (χ0v) is 13.5. The van der Waals surface area contributed by atoms with Gasteiger partial charge in [0.25, 0.3) is 5.75 Å². The summed E-state index contributed by atoms with van der Waals surface area (Å²) in [5.74, 6) is 1.38. The zero-order valence-electron chi connectivity index (χ0n) is 13.5. The molecule has 0 bridgehead atoms. The minimum absolute atomic E-state index is 0.196. The van der Waals surface area contributed by atoms with Crippen LogP contribution in [0, 0.1) is 0 Å². The molecule has 0 saturated carbocycles. The van der Waals surface area contributed by atoms with E-state index in [1.165, 1.54) is 27.4 Å². The van der Waals surface area contributed by atoms with Crippen molar-refractivity contribution in [3.8, 4) is 40.1 Å². The molecule has 24 heavy (non-hydrogen) atoms. The van der Waals surface area contributed by atoms with Crippen molar-refractivity contribution in [3.63, 3.8) is 0 Å². The second-order valence-corrected chi connectivity index (χ2v) is 5.07. The maximum atomic E-state index is 10.0. The van der Waals surface area contributed by atoms with Crippen molar-refractivity contribution in [2.45, 2.75) is 0 Å². The van der Waals surface area contributed by atoms with Crippen LogP contribution in [-0.2, 0) is 0 Å². The second-order valence-electron chi connectivity index (χ2n) is 5.07. The number of benzene rings is 2. The molecule has 0 aliphatic carbocycles. The highest BCUT2D eigenvalue weighted by atomic mass is 16.5. The van der Waals surface area contributed by atoms with Crippen LogP contribution in [0.25, 0.3) is 22.3 Å². The molecule has 0 atom stereocenters. The van der Waals surface area contributed by atoms with Crippen LogP contribution in [0.3, 0.4) is 0 Å². The van der Waals surface area contributed by atoms with Gasteiger partial charge in [0.2, 0.25) is 5.75 Å². The van der Waals surface area contributed by atoms with Crippen LogP contribution < -0.4 is 14.2 Å². The molecular weight excluding hydrogens is 312 g/mol. The Balaban J connectivity index is 2.21. The topological polar surface area (TPSA) is 79.5 Å². The van der Waals surface area contributed by atoms with Crippen molar-refractivity contribution in [2.75, 3.05) is 21.3 Å². The number of methoxy groups -OCH3 is 3. The van der Waals surface area contributed by atoms with Crippen molar-refractivity contribution in [1.82, 2.24) is 0 Å². The number of hydrogen-bond donors (Lipinski definition) is 2. The molecule has 1 aromatic heterocycles. The van der Waals surface area contributed by atoms with E-state index in [0.29, 0.717) is 34.0 Å². The third-order valence-corrected chi connectivity index (χ3v) is 3.72. The zero-order chi connectivity index (χ0) is 17.3. The lowest BCUT2D eigenvalue weighted by atomic mass is 10.1. The smallest absolute Gasteiger partial charge is 0.405 e. The van der Waals surface area contributed by atoms with Crippen LogP contribution in [0.2, 0.25) is 0 Å². The Bertz CT molecular complexity index is 878. The van der Waals surface area contributed by atoms with E-state index in [-0.39, 0.29) is 17.1 Å². The average Bonchev–Trinajstić information content (AvgIpc) is 2.63. The minimum Gasteiger partial charge on any atom is -0.504 e. The number of ether oxygens (including phenoxy) is 3. The summed E-state index contributed by atoms with van der Waals surface area (Å²) in [6.07, 6.45) is 0. The van der Waals surface area contributed by atoms with E-state index in [9.17, 15) is 10.2 Å². The molecule has 0 aliphatic heterocycles. The molecule has 0 spiro atoms. The SMILES string of the molecule is COc1cc(-c2ccc3ccc(O)c(O)c3[o+]2)cc(OC)c1OC. The number of hydrogen-bond acceptors (Lipinski definition) is 5. The van der Waals surface area contributed by atoms with Gasteiger partial charge in [-0.1, -0.05) is 0 Å². The van der Waals surface area contributed by atoms with Crippen molar-refractivity contribution in [1.29, 1.82) is 0 Å². The molecule has 0 fully saturated rings. The van der Waals surface area contributed by atoms with Crippen LogP contribution in [0.15, 0.2) is 40.8 Å². The van der Waals surface area contributed by atoms with Gasteiger partial charge in [0.05, 0.1) is 32.3 Å². The second kappa shape index (κ2) is 6.16. The number of aromatic hydroxyl groups is 2. The van der Waals surface area contributed by atoms with Gasteiger partial charge < -0.3 is 24.4 Å². The van der Waals surface area contributed by atoms with Gasteiger partial charge in [-0.2, -0.15) is 0 Å². The Morgan fingerprint density at radius 1 is 0.833 bits per heavy atom. The van der Waals surface area contributed by atoms with Crippen LogP contribution in [0.5, 0.6) is 28.7 Å². The quantitative estimate of drug-likeness (QED) is 0.559. The van der Waals surface area contributed by atoms with E-state index in [0.717, 1.165) is 0 Å². The Hall–Kier alpha value is -3.15. The van der Waals surface area contributed by atoms with Gasteiger partial charge in [-0.3, -0.25) is 0 Å². The standard InChI is InChI=1S/C18H16O6/c1-21-14-8-11(9-15(22-2)18(14)23-3)13-7-5-10-4-6-12(19)16(20)17(10)24-13/h4-9H,1-3H3,(H-,19,20)/p+1. The molecule has 6 heteroatoms. The maximum absolute atomic E-state index is 10.0. The largest absolute Gasteiger partial charge is 0.504 e. The number of rotatable bonds is 4. The van der Waals surface area contributed by atoms with E-state index >= 15 is 0 Å². The lowest BCUT2D eigenvalue weighted by Crippen LogP contribution is -1.95. The van der Waals surface area contributed by atoms with E-state index in [1.807, 2.05) is 0 Å². The molecule has 124 valence electrons. The van der Waals surface area contributed by atoms with Crippen LogP contribution >= 0.6 is 0 Å². The molecule has 3 aromatic rings. The summed E-state index contributed by atoms with van der Waals surface area (Å²) in [5, 5.41) is 20.3. The lowest BCUT2D eigenvalue weighted by Gasteiger charge is -2.12. The van der Waals surface area contributed by atoms with Crippen molar-refractivity contribution >= 4 is 11.0 Å². The molecule has 0 aliphatic rings. The number of fused-ring (bicyclic) bond motifs is 1. The van der Waals surface area contributed by atoms with Crippen LogP contribution in [0.4, 0.5) is 0 Å². The van der Waals surface area contributed by atoms with Gasteiger partial charge in [-0.05, 0) is 18.2 Å². The highest BCUT2D eigenvalue weighted by Crippen LogP contribution is 2.42. The Labute approximate surface area is 138 Å². The van der Waals surface area contributed by atoms with Crippen molar-refractivity contribution < 1.29 is 28.8 Å². The fourth-order valence-electron chi connectivity index (χ4n) is 2.50. The van der Waals surface area contributed by atoms with Crippen molar-refractivity contribution in [3.05, 3.63) is 36.4 Å². The first kappa shape index (κ1) is 15.7. The summed E-state index contributed by atoms with van der Waals surface area (Å²) in [4.78, 5) is 0. The van der Waals surface area contributed by atoms with Crippen molar-refractivity contribution in [2.24, 2.45) is 0 Å². The van der Waals surface area contributed by atoms with Crippen LogP contribution in [-0.4, -0.2) is 31.5 Å². The summed E-state index contributed by atoms with van der Waals surface area (Å²) in [6.45, 7) is 0. The summed E-state index contributed by atoms with van der Waals surface area (Å²) in [7, 11) is 4.59. The number of phenolic OH excluding ortho intramolecular Hbond substituents is 2. The molecule has 0 amide bonds. The first-order chi connectivity index (χ1) is 11.6. The highest BCUT2D eigenvalue weighted by Gasteiger charge is 2.23. The fraction of sp³-hybridized carbons (Fsp3) is 0.167. The van der Waals surface area contributed by atoms with Gasteiger partial charge in [-0.15, -0.1) is 0 Å². The molecule has 2 N–H and O–H groups in total. The van der Waals surface area contributed by atoms with E-state index in [2.05, 4.69) is 0 Å². The van der Waals surface area contributed by atoms with E-state index in [4.69, 9.17) is 18.6 Å². The molecule has 1 heterocycles. The minimum atomic E-state index is -0.304. The highest BCUT2D eigenvalue weighted by molar-refractivity contribution is 5.86. The third-order valence-electron chi connectivity index (χ3n) is 3.72. The van der Waals surface area contributed by atoms with E-state index in [1.54, 1.807) is 30.3 Å². The molecule has 0 unspecified atom stereocenters. The Kier molecular flexibility index (Phi) is 4.04. The Morgan fingerprint density at radius 3 is 2.04 bits per heavy atom. The monoisotopic (exact) mass is 329 g/mol. The summed E-state index contributed by atoms with van der Waals surface area (Å²) in [6, 6.07) is 10.1. The molecule has 0 radical (unpaired) electrons. The van der Waals surface area contributed by atoms with Crippen LogP contribution in [0.1, 0.15) is 0 Å². The van der Waals surface area contributed by atoms with E-state index < -0.39 is 0 Å². The molecule has 6 nitrogen and oxygen atoms in total. The molecular formula is C18H17O6+. The van der Waals surface area contributed by atoms with Gasteiger partial charge in [0.15, 0.2) is 17.2 Å². The molecule has 0 saturated heterocycles. The third kappa shape index (κ3) is 2.52. The van der Waals surface area contributed by atoms with Gasteiger partial charge in [0.1, 0.15) is 0 Å². The average molecular weight is 329 g/mol. The summed E-state index contributed by atoms with van der Waals surface area (Å²) < 4.78 is 21.7. The Morgan fingerprint density at radius 2 is 1.46 bits per heavy atom. The first-order valence-electron chi connectivity index (χ1n) is 7.17. The lowest BCUT2D eigenvalue weighted by molar-refractivity contribution is 0.324. The summed E-state index contributed by atoms with van der Waals surface area (Å²) in [5.41, 5.74) is 0.871. The molecule has 2 aromatic carbocycles.